The Morgan fingerprint density at radius 1 is 1.35 bits per heavy atom. The molecule has 1 aromatic heterocycles. The van der Waals surface area contributed by atoms with Crippen molar-refractivity contribution in [3.8, 4) is 5.75 Å². The van der Waals surface area contributed by atoms with Crippen molar-refractivity contribution >= 4 is 26.8 Å². The topological polar surface area (TPSA) is 35.0 Å². The van der Waals surface area contributed by atoms with E-state index < -0.39 is 0 Å². The van der Waals surface area contributed by atoms with E-state index in [-0.39, 0.29) is 0 Å². The monoisotopic (exact) mass is 292 g/mol. The quantitative estimate of drug-likeness (QED) is 0.869. The Hall–Kier alpha value is -1.16. The first-order valence-electron chi connectivity index (χ1n) is 5.77. The van der Waals surface area contributed by atoms with Crippen molar-refractivity contribution in [2.75, 3.05) is 6.61 Å². The molecule has 88 valence electrons. The zero-order chi connectivity index (χ0) is 11.8. The standard InChI is InChI=1S/C13H13BrN2O/c1-8-11-4-10(14)5-12(13(11)16-7-15-8)17-6-9-2-3-9/h4-5,7,9H,2-3,6H2,1H3. The lowest BCUT2D eigenvalue weighted by Gasteiger charge is -2.09. The summed E-state index contributed by atoms with van der Waals surface area (Å²) >= 11 is 3.50. The fourth-order valence-corrected chi connectivity index (χ4v) is 2.26. The SMILES string of the molecule is Cc1ncnc2c(OCC3CC3)cc(Br)cc12. The Labute approximate surface area is 108 Å². The van der Waals surface area contributed by atoms with Crippen LogP contribution >= 0.6 is 15.9 Å². The molecule has 2 aromatic rings. The van der Waals surface area contributed by atoms with E-state index in [1.807, 2.05) is 19.1 Å². The molecule has 1 aliphatic rings. The average Bonchev–Trinajstić information content (AvgIpc) is 3.11. The van der Waals surface area contributed by atoms with Crippen LogP contribution < -0.4 is 4.74 Å². The normalized spacial score (nSPS) is 15.2. The molecule has 0 saturated heterocycles. The van der Waals surface area contributed by atoms with Crippen LogP contribution in [-0.2, 0) is 0 Å². The summed E-state index contributed by atoms with van der Waals surface area (Å²) in [5, 5.41) is 1.05. The van der Waals surface area contributed by atoms with Gasteiger partial charge < -0.3 is 4.74 Å². The van der Waals surface area contributed by atoms with Crippen LogP contribution in [0.5, 0.6) is 5.75 Å². The maximum atomic E-state index is 5.86. The van der Waals surface area contributed by atoms with Gasteiger partial charge in [0.15, 0.2) is 0 Å². The van der Waals surface area contributed by atoms with Crippen LogP contribution in [0.4, 0.5) is 0 Å². The van der Waals surface area contributed by atoms with Gasteiger partial charge in [-0.15, -0.1) is 0 Å². The van der Waals surface area contributed by atoms with Gasteiger partial charge in [0, 0.05) is 15.6 Å². The smallest absolute Gasteiger partial charge is 0.146 e. The Bertz CT molecular complexity index is 567. The molecule has 0 unspecified atom stereocenters. The molecule has 0 bridgehead atoms. The lowest BCUT2D eigenvalue weighted by Crippen LogP contribution is -2.01. The number of halogens is 1. The molecule has 0 radical (unpaired) electrons. The number of hydrogen-bond acceptors (Lipinski definition) is 3. The van der Waals surface area contributed by atoms with E-state index in [1.54, 1.807) is 6.33 Å². The van der Waals surface area contributed by atoms with E-state index >= 15 is 0 Å². The largest absolute Gasteiger partial charge is 0.491 e. The molecule has 0 spiro atoms. The molecule has 3 rings (SSSR count). The summed E-state index contributed by atoms with van der Waals surface area (Å²) in [5.41, 5.74) is 1.88. The highest BCUT2D eigenvalue weighted by molar-refractivity contribution is 9.10. The van der Waals surface area contributed by atoms with Crippen molar-refractivity contribution in [1.29, 1.82) is 0 Å². The summed E-state index contributed by atoms with van der Waals surface area (Å²) < 4.78 is 6.87. The third-order valence-electron chi connectivity index (χ3n) is 3.04. The molecule has 3 nitrogen and oxygen atoms in total. The molecule has 1 heterocycles. The molecule has 4 heteroatoms. The number of aryl methyl sites for hydroxylation is 1. The van der Waals surface area contributed by atoms with Gasteiger partial charge in [0.2, 0.25) is 0 Å². The number of fused-ring (bicyclic) bond motifs is 1. The predicted octanol–water partition coefficient (Wildman–Crippen LogP) is 3.49. The third-order valence-corrected chi connectivity index (χ3v) is 3.50. The molecule has 1 aliphatic carbocycles. The second-order valence-corrected chi connectivity index (χ2v) is 5.43. The fraction of sp³-hybridized carbons (Fsp3) is 0.385. The van der Waals surface area contributed by atoms with Crippen molar-refractivity contribution in [3.05, 3.63) is 28.6 Å². The van der Waals surface area contributed by atoms with Gasteiger partial charge in [-0.25, -0.2) is 9.97 Å². The molecular weight excluding hydrogens is 280 g/mol. The summed E-state index contributed by atoms with van der Waals surface area (Å²) in [6, 6.07) is 4.02. The van der Waals surface area contributed by atoms with E-state index in [9.17, 15) is 0 Å². The summed E-state index contributed by atoms with van der Waals surface area (Å²) in [4.78, 5) is 8.53. The van der Waals surface area contributed by atoms with Crippen LogP contribution in [0.15, 0.2) is 22.9 Å². The maximum absolute atomic E-state index is 5.86. The first-order chi connectivity index (χ1) is 8.24. The number of aromatic nitrogens is 2. The van der Waals surface area contributed by atoms with E-state index in [2.05, 4.69) is 25.9 Å². The molecule has 0 aliphatic heterocycles. The Morgan fingerprint density at radius 2 is 2.18 bits per heavy atom. The van der Waals surface area contributed by atoms with E-state index in [0.29, 0.717) is 0 Å². The summed E-state index contributed by atoms with van der Waals surface area (Å²) in [5.74, 6) is 1.60. The first-order valence-corrected chi connectivity index (χ1v) is 6.57. The fourth-order valence-electron chi connectivity index (χ4n) is 1.83. The minimum absolute atomic E-state index is 0.743. The number of rotatable bonds is 3. The number of benzene rings is 1. The number of nitrogens with zero attached hydrogens (tertiary/aromatic N) is 2. The van der Waals surface area contributed by atoms with Crippen molar-refractivity contribution < 1.29 is 4.74 Å². The summed E-state index contributed by atoms with van der Waals surface area (Å²) in [6.07, 6.45) is 4.18. The summed E-state index contributed by atoms with van der Waals surface area (Å²) in [7, 11) is 0. The van der Waals surface area contributed by atoms with Gasteiger partial charge in [-0.05, 0) is 37.8 Å². The predicted molar refractivity (Wildman–Crippen MR) is 70.2 cm³/mol. The van der Waals surface area contributed by atoms with Gasteiger partial charge in [0.1, 0.15) is 17.6 Å². The van der Waals surface area contributed by atoms with Gasteiger partial charge in [-0.1, -0.05) is 15.9 Å². The maximum Gasteiger partial charge on any atom is 0.146 e. The van der Waals surface area contributed by atoms with E-state index in [4.69, 9.17) is 4.74 Å². The zero-order valence-corrected chi connectivity index (χ0v) is 11.2. The van der Waals surface area contributed by atoms with Crippen LogP contribution in [0.25, 0.3) is 10.9 Å². The van der Waals surface area contributed by atoms with Gasteiger partial charge in [-0.2, -0.15) is 0 Å². The minimum Gasteiger partial charge on any atom is -0.491 e. The number of hydrogen-bond donors (Lipinski definition) is 0. The van der Waals surface area contributed by atoms with Gasteiger partial charge in [-0.3, -0.25) is 0 Å². The third kappa shape index (κ3) is 2.27. The van der Waals surface area contributed by atoms with Gasteiger partial charge >= 0.3 is 0 Å². The Balaban J connectivity index is 2.05. The highest BCUT2D eigenvalue weighted by atomic mass is 79.9. The van der Waals surface area contributed by atoms with Crippen LogP contribution in [0.1, 0.15) is 18.5 Å². The second kappa shape index (κ2) is 4.26. The number of ether oxygens (including phenoxy) is 1. The van der Waals surface area contributed by atoms with Crippen LogP contribution in [0.3, 0.4) is 0 Å². The molecule has 17 heavy (non-hydrogen) atoms. The van der Waals surface area contributed by atoms with Crippen LogP contribution in [0, 0.1) is 12.8 Å². The van der Waals surface area contributed by atoms with E-state index in [1.165, 1.54) is 12.8 Å². The van der Waals surface area contributed by atoms with Crippen molar-refractivity contribution in [3.63, 3.8) is 0 Å². The van der Waals surface area contributed by atoms with Crippen LogP contribution in [-0.4, -0.2) is 16.6 Å². The average molecular weight is 293 g/mol. The molecule has 1 saturated carbocycles. The van der Waals surface area contributed by atoms with Crippen molar-refractivity contribution in [1.82, 2.24) is 9.97 Å². The molecule has 1 fully saturated rings. The lowest BCUT2D eigenvalue weighted by molar-refractivity contribution is 0.302. The van der Waals surface area contributed by atoms with Gasteiger partial charge in [0.25, 0.3) is 0 Å². The minimum atomic E-state index is 0.743. The zero-order valence-electron chi connectivity index (χ0n) is 9.61. The van der Waals surface area contributed by atoms with Crippen molar-refractivity contribution in [2.24, 2.45) is 5.92 Å². The molecule has 0 amide bonds. The second-order valence-electron chi connectivity index (χ2n) is 4.51. The Kier molecular flexibility index (Phi) is 2.74. The van der Waals surface area contributed by atoms with Crippen molar-refractivity contribution in [2.45, 2.75) is 19.8 Å². The molecule has 0 atom stereocenters. The lowest BCUT2D eigenvalue weighted by atomic mass is 10.2. The van der Waals surface area contributed by atoms with Gasteiger partial charge in [0.05, 0.1) is 6.61 Å². The highest BCUT2D eigenvalue weighted by Crippen LogP contribution is 2.33. The van der Waals surface area contributed by atoms with E-state index in [0.717, 1.165) is 39.3 Å². The Morgan fingerprint density at radius 3 is 2.94 bits per heavy atom. The molecule has 1 aromatic carbocycles. The molecule has 0 N–H and O–H groups in total. The molecular formula is C13H13BrN2O. The summed E-state index contributed by atoms with van der Waals surface area (Å²) in [6.45, 7) is 2.79. The highest BCUT2D eigenvalue weighted by Gasteiger charge is 2.22. The first kappa shape index (κ1) is 11.0. The van der Waals surface area contributed by atoms with Crippen LogP contribution in [0.2, 0.25) is 0 Å².